The van der Waals surface area contributed by atoms with E-state index >= 15 is 0 Å². The second kappa shape index (κ2) is 6.95. The van der Waals surface area contributed by atoms with E-state index in [4.69, 9.17) is 0 Å². The van der Waals surface area contributed by atoms with Crippen molar-refractivity contribution in [2.45, 2.75) is 19.1 Å². The molecule has 0 spiro atoms. The van der Waals surface area contributed by atoms with Gasteiger partial charge in [-0.15, -0.1) is 0 Å². The van der Waals surface area contributed by atoms with E-state index in [9.17, 15) is 13.2 Å². The Labute approximate surface area is 158 Å². The normalized spacial score (nSPS) is 12.9. The smallest absolute Gasteiger partial charge is 0.348 e. The topological polar surface area (TPSA) is 55.6 Å². The van der Waals surface area contributed by atoms with Gasteiger partial charge in [-0.25, -0.2) is 9.97 Å². The third-order valence-electron chi connectivity index (χ3n) is 4.35. The molecule has 0 unspecified atom stereocenters. The van der Waals surface area contributed by atoms with Crippen molar-refractivity contribution in [2.75, 3.05) is 5.32 Å². The maximum absolute atomic E-state index is 13.4. The molecule has 0 aliphatic rings. The molecule has 142 valence electrons. The number of fused-ring (bicyclic) bond motifs is 1. The summed E-state index contributed by atoms with van der Waals surface area (Å²) >= 11 is 0. The lowest BCUT2D eigenvalue weighted by molar-refractivity contribution is -0.141. The number of nitrogens with one attached hydrogen (secondary N) is 1. The van der Waals surface area contributed by atoms with E-state index in [1.54, 1.807) is 18.2 Å². The van der Waals surface area contributed by atoms with Gasteiger partial charge in [0.2, 0.25) is 5.95 Å². The summed E-state index contributed by atoms with van der Waals surface area (Å²) in [5, 5.41) is 2.97. The first kappa shape index (κ1) is 18.0. The number of nitrogens with zero attached hydrogens (tertiary/aromatic N) is 4. The molecule has 1 atom stereocenters. The van der Waals surface area contributed by atoms with Gasteiger partial charge in [0.15, 0.2) is 5.69 Å². The Morgan fingerprint density at radius 2 is 1.68 bits per heavy atom. The van der Waals surface area contributed by atoms with Gasteiger partial charge in [0, 0.05) is 6.07 Å². The fourth-order valence-corrected chi connectivity index (χ4v) is 2.93. The monoisotopic (exact) mass is 383 g/mol. The van der Waals surface area contributed by atoms with E-state index < -0.39 is 11.9 Å². The van der Waals surface area contributed by atoms with E-state index in [1.165, 1.54) is 10.9 Å². The molecule has 2 heterocycles. The summed E-state index contributed by atoms with van der Waals surface area (Å²) in [6, 6.07) is 17.2. The third kappa shape index (κ3) is 3.53. The van der Waals surface area contributed by atoms with Crippen molar-refractivity contribution in [3.05, 3.63) is 78.2 Å². The average molecular weight is 383 g/mol. The van der Waals surface area contributed by atoms with E-state index in [0.717, 1.165) is 11.6 Å². The van der Waals surface area contributed by atoms with Crippen LogP contribution in [0.1, 0.15) is 24.2 Å². The van der Waals surface area contributed by atoms with Crippen LogP contribution in [-0.2, 0) is 6.18 Å². The Kier molecular flexibility index (Phi) is 4.46. The summed E-state index contributed by atoms with van der Waals surface area (Å²) < 4.78 is 41.8. The number of para-hydroxylation sites is 2. The molecule has 0 aliphatic carbocycles. The molecular weight excluding hydrogens is 367 g/mol. The van der Waals surface area contributed by atoms with Crippen LogP contribution in [0, 0.1) is 0 Å². The van der Waals surface area contributed by atoms with Crippen LogP contribution in [0.4, 0.5) is 19.1 Å². The SMILES string of the molecule is C[C@H](Nc1nc(-n2cnc3ccccc32)cc(C(F)(F)F)n1)c1ccccc1. The molecule has 0 saturated heterocycles. The summed E-state index contributed by atoms with van der Waals surface area (Å²) in [5.74, 6) is -0.00209. The number of alkyl halides is 3. The van der Waals surface area contributed by atoms with Crippen molar-refractivity contribution in [1.82, 2.24) is 19.5 Å². The molecule has 5 nitrogen and oxygen atoms in total. The first-order chi connectivity index (χ1) is 13.4. The predicted octanol–water partition coefficient (Wildman–Crippen LogP) is 5.01. The Morgan fingerprint density at radius 3 is 2.43 bits per heavy atom. The molecule has 0 radical (unpaired) electrons. The number of anilines is 1. The highest BCUT2D eigenvalue weighted by molar-refractivity contribution is 5.76. The number of rotatable bonds is 4. The van der Waals surface area contributed by atoms with E-state index in [1.807, 2.05) is 43.3 Å². The average Bonchev–Trinajstić information content (AvgIpc) is 3.12. The third-order valence-corrected chi connectivity index (χ3v) is 4.35. The number of imidazole rings is 1. The fourth-order valence-electron chi connectivity index (χ4n) is 2.93. The van der Waals surface area contributed by atoms with Crippen molar-refractivity contribution >= 4 is 17.0 Å². The Bertz CT molecular complexity index is 1110. The number of hydrogen-bond donors (Lipinski definition) is 1. The summed E-state index contributed by atoms with van der Waals surface area (Å²) in [7, 11) is 0. The van der Waals surface area contributed by atoms with Gasteiger partial charge < -0.3 is 5.32 Å². The first-order valence-corrected chi connectivity index (χ1v) is 8.62. The van der Waals surface area contributed by atoms with Gasteiger partial charge in [-0.3, -0.25) is 4.57 Å². The van der Waals surface area contributed by atoms with Crippen LogP contribution in [0.25, 0.3) is 16.9 Å². The zero-order valence-electron chi connectivity index (χ0n) is 14.9. The lowest BCUT2D eigenvalue weighted by Gasteiger charge is -2.17. The lowest BCUT2D eigenvalue weighted by Crippen LogP contribution is -2.16. The van der Waals surface area contributed by atoms with Gasteiger partial charge in [0.25, 0.3) is 0 Å². The van der Waals surface area contributed by atoms with E-state index in [2.05, 4.69) is 20.3 Å². The number of hydrogen-bond acceptors (Lipinski definition) is 4. The number of aromatic nitrogens is 4. The molecule has 4 rings (SSSR count). The molecule has 0 bridgehead atoms. The molecule has 28 heavy (non-hydrogen) atoms. The summed E-state index contributed by atoms with van der Waals surface area (Å²) in [5.41, 5.74) is 1.23. The summed E-state index contributed by atoms with van der Waals surface area (Å²) in [6.07, 6.45) is -3.14. The molecular formula is C20H16F3N5. The molecule has 0 saturated carbocycles. The van der Waals surface area contributed by atoms with Crippen molar-refractivity contribution in [1.29, 1.82) is 0 Å². The van der Waals surface area contributed by atoms with E-state index in [0.29, 0.717) is 11.0 Å². The van der Waals surface area contributed by atoms with Crippen LogP contribution in [0.5, 0.6) is 0 Å². The van der Waals surface area contributed by atoms with Crippen molar-refractivity contribution in [3.8, 4) is 5.82 Å². The van der Waals surface area contributed by atoms with Gasteiger partial charge in [-0.2, -0.15) is 18.2 Å². The van der Waals surface area contributed by atoms with Crippen LogP contribution in [-0.4, -0.2) is 19.5 Å². The largest absolute Gasteiger partial charge is 0.433 e. The first-order valence-electron chi connectivity index (χ1n) is 8.62. The molecule has 0 aliphatic heterocycles. The number of benzene rings is 2. The van der Waals surface area contributed by atoms with Crippen LogP contribution < -0.4 is 5.32 Å². The zero-order valence-corrected chi connectivity index (χ0v) is 14.9. The highest BCUT2D eigenvalue weighted by Crippen LogP contribution is 2.30. The Hall–Kier alpha value is -3.42. The Morgan fingerprint density at radius 1 is 0.964 bits per heavy atom. The molecule has 0 amide bonds. The van der Waals surface area contributed by atoms with Crippen molar-refractivity contribution < 1.29 is 13.2 Å². The minimum absolute atomic E-state index is 0.0961. The maximum Gasteiger partial charge on any atom is 0.433 e. The molecule has 2 aromatic carbocycles. The zero-order chi connectivity index (χ0) is 19.7. The quantitative estimate of drug-likeness (QED) is 0.538. The van der Waals surface area contributed by atoms with Crippen LogP contribution in [0.3, 0.4) is 0 Å². The Balaban J connectivity index is 1.78. The number of halogens is 3. The maximum atomic E-state index is 13.4. The van der Waals surface area contributed by atoms with Crippen LogP contribution in [0.2, 0.25) is 0 Å². The summed E-state index contributed by atoms with van der Waals surface area (Å²) in [4.78, 5) is 12.2. The lowest BCUT2D eigenvalue weighted by atomic mass is 10.1. The predicted molar refractivity (Wildman–Crippen MR) is 100 cm³/mol. The minimum atomic E-state index is -4.60. The van der Waals surface area contributed by atoms with Gasteiger partial charge in [0.05, 0.1) is 17.1 Å². The van der Waals surface area contributed by atoms with Crippen LogP contribution in [0.15, 0.2) is 67.0 Å². The molecule has 2 aromatic heterocycles. The fraction of sp³-hybridized carbons (Fsp3) is 0.150. The molecule has 8 heteroatoms. The van der Waals surface area contributed by atoms with Crippen molar-refractivity contribution in [2.24, 2.45) is 0 Å². The van der Waals surface area contributed by atoms with Gasteiger partial charge >= 0.3 is 6.18 Å². The molecule has 0 fully saturated rings. The minimum Gasteiger partial charge on any atom is -0.348 e. The van der Waals surface area contributed by atoms with E-state index in [-0.39, 0.29) is 17.8 Å². The summed E-state index contributed by atoms with van der Waals surface area (Å²) in [6.45, 7) is 1.84. The second-order valence-electron chi connectivity index (χ2n) is 6.31. The standard InChI is InChI=1S/C20H16F3N5/c1-13(14-7-3-2-4-8-14)25-19-26-17(20(21,22)23)11-18(27-19)28-12-24-15-9-5-6-10-16(15)28/h2-13H,1H3,(H,25,26,27)/t13-/m0/s1. The van der Waals surface area contributed by atoms with Gasteiger partial charge in [0.1, 0.15) is 12.1 Å². The molecule has 1 N–H and O–H groups in total. The van der Waals surface area contributed by atoms with Gasteiger partial charge in [-0.1, -0.05) is 42.5 Å². The van der Waals surface area contributed by atoms with Gasteiger partial charge in [-0.05, 0) is 24.6 Å². The van der Waals surface area contributed by atoms with Crippen molar-refractivity contribution in [3.63, 3.8) is 0 Å². The molecule has 4 aromatic rings. The second-order valence-corrected chi connectivity index (χ2v) is 6.31. The highest BCUT2D eigenvalue weighted by atomic mass is 19.4. The van der Waals surface area contributed by atoms with Crippen LogP contribution >= 0.6 is 0 Å². The highest BCUT2D eigenvalue weighted by Gasteiger charge is 2.34.